The van der Waals surface area contributed by atoms with Crippen LogP contribution in [0.5, 0.6) is 11.5 Å². The van der Waals surface area contributed by atoms with Gasteiger partial charge in [-0.2, -0.15) is 18.6 Å². The van der Waals surface area contributed by atoms with Crippen molar-refractivity contribution in [3.05, 3.63) is 107 Å². The predicted molar refractivity (Wildman–Crippen MR) is 174 cm³/mol. The number of anilines is 1. The monoisotopic (exact) mass is 750 g/mol. The Morgan fingerprint density at radius 2 is 1.49 bits per heavy atom. The van der Waals surface area contributed by atoms with Crippen LogP contribution < -0.4 is 69.1 Å². The van der Waals surface area contributed by atoms with Gasteiger partial charge in [-0.15, -0.1) is 10.2 Å². The van der Waals surface area contributed by atoms with Crippen LogP contribution in [0.4, 0.5) is 34.1 Å². The molecule has 5 rings (SSSR count). The molecule has 51 heavy (non-hydrogen) atoms. The van der Waals surface area contributed by atoms with Crippen LogP contribution in [-0.4, -0.2) is 42.5 Å². The van der Waals surface area contributed by atoms with E-state index in [-0.39, 0.29) is 80.5 Å². The van der Waals surface area contributed by atoms with Crippen molar-refractivity contribution in [2.24, 2.45) is 20.5 Å². The van der Waals surface area contributed by atoms with Gasteiger partial charge in [0.05, 0.1) is 31.8 Å². The number of nitrogens with zero attached hydrogens (tertiary/aromatic N) is 6. The summed E-state index contributed by atoms with van der Waals surface area (Å²) in [4.78, 5) is 11.1. The van der Waals surface area contributed by atoms with Crippen LogP contribution in [0.25, 0.3) is 10.8 Å². The van der Waals surface area contributed by atoms with Crippen molar-refractivity contribution in [1.29, 1.82) is 0 Å². The summed E-state index contributed by atoms with van der Waals surface area (Å²) < 4.78 is 68.7. The summed E-state index contributed by atoms with van der Waals surface area (Å²) in [6.45, 7) is 2.86. The molecule has 0 saturated heterocycles. The summed E-state index contributed by atoms with van der Waals surface area (Å²) in [6, 6.07) is 20.8. The molecular formula is C31H24N6Na2O10S2. The van der Waals surface area contributed by atoms with E-state index in [1.165, 1.54) is 30.3 Å². The van der Waals surface area contributed by atoms with Crippen LogP contribution in [-0.2, 0) is 26.8 Å². The normalized spacial score (nSPS) is 11.7. The fraction of sp³-hybridized carbons (Fsp3) is 0.0968. The molecule has 0 aliphatic carbocycles. The molecule has 0 radical (unpaired) electrons. The predicted octanol–water partition coefficient (Wildman–Crippen LogP) is 0.543. The van der Waals surface area contributed by atoms with E-state index in [4.69, 9.17) is 0 Å². The Morgan fingerprint density at radius 3 is 2.12 bits per heavy atom. The maximum atomic E-state index is 13.2. The van der Waals surface area contributed by atoms with E-state index in [9.17, 15) is 46.3 Å². The first-order chi connectivity index (χ1) is 23.1. The third kappa shape index (κ3) is 10.2. The summed E-state index contributed by atoms with van der Waals surface area (Å²) in [6.07, 6.45) is 0. The summed E-state index contributed by atoms with van der Waals surface area (Å²) in [7, 11) is -9.60. The van der Waals surface area contributed by atoms with E-state index in [0.29, 0.717) is 24.3 Å². The molecule has 0 unspecified atom stereocenters. The molecule has 16 nitrogen and oxygen atoms in total. The second-order valence-corrected chi connectivity index (χ2v) is 13.2. The van der Waals surface area contributed by atoms with E-state index in [0.717, 1.165) is 30.0 Å². The van der Waals surface area contributed by atoms with Crippen LogP contribution in [0.2, 0.25) is 0 Å². The fourth-order valence-corrected chi connectivity index (χ4v) is 5.93. The minimum atomic E-state index is -5.26. The summed E-state index contributed by atoms with van der Waals surface area (Å²) >= 11 is 0. The van der Waals surface area contributed by atoms with Crippen LogP contribution >= 0.6 is 0 Å². The average Bonchev–Trinajstić information content (AvgIpc) is 3.05. The standard InChI is InChI=1S/C31H26N6O10S2.2Na/c1-2-36(18-19-4-3-5-25(14-19)48(42,43)44)23-9-6-21(7-10-23)32-33-22-8-12-26-20(15-22)16-29(49(45,46)47)30(31(26)39)35-34-27-17-24(37(40)41)11-13-28(27)38;;/h3-17,38-39H,2,18H2,1H3,(H,42,43,44)(H,45,46,47);;/q;2*+1/p-2. The van der Waals surface area contributed by atoms with Gasteiger partial charge in [-0.25, -0.2) is 8.42 Å². The van der Waals surface area contributed by atoms with Gasteiger partial charge in [0.15, 0.2) is 0 Å². The van der Waals surface area contributed by atoms with Crippen LogP contribution in [0, 0.1) is 10.1 Å². The number of phenolic OH excluding ortho intramolecular Hbond substituents is 1. The molecule has 0 aliphatic rings. The summed E-state index contributed by atoms with van der Waals surface area (Å²) in [5.41, 5.74) is 0.410. The first-order valence-corrected chi connectivity index (χ1v) is 16.9. The van der Waals surface area contributed by atoms with Crippen LogP contribution in [0.15, 0.2) is 121 Å². The first kappa shape index (κ1) is 41.6. The molecule has 0 spiro atoms. The number of hydrogen-bond acceptors (Lipinski definition) is 14. The molecule has 0 fully saturated rings. The molecule has 0 heterocycles. The van der Waals surface area contributed by atoms with Gasteiger partial charge in [0.25, 0.3) is 15.8 Å². The Bertz CT molecular complexity index is 2380. The quantitative estimate of drug-likeness (QED) is 0.0620. The van der Waals surface area contributed by atoms with Crippen molar-refractivity contribution < 1.29 is 100 Å². The number of non-ortho nitro benzene ring substituents is 1. The molecule has 0 aliphatic heterocycles. The fourth-order valence-electron chi connectivity index (χ4n) is 4.74. The SMILES string of the molecule is CCN(Cc1cccc(S(=O)(=O)O)c1)c1ccc(N=Nc2ccc3c([O-])c(N=Nc4cc([N+](=O)[O-])ccc4O)c(S(=O)(=O)[O-])cc3c2)cc1.[Na+].[Na+]. The molecule has 0 saturated carbocycles. The molecule has 0 atom stereocenters. The maximum absolute atomic E-state index is 13.2. The Balaban J connectivity index is 0.00000351. The number of nitro groups is 1. The second kappa shape index (κ2) is 17.1. The summed E-state index contributed by atoms with van der Waals surface area (Å²) in [5.74, 6) is -1.50. The number of fused-ring (bicyclic) bond motifs is 1. The summed E-state index contributed by atoms with van der Waals surface area (Å²) in [5, 5.41) is 49.8. The van der Waals surface area contributed by atoms with Gasteiger partial charge in [0.2, 0.25) is 0 Å². The molecule has 5 aromatic carbocycles. The maximum Gasteiger partial charge on any atom is 1.00 e. The van der Waals surface area contributed by atoms with Crippen LogP contribution in [0.1, 0.15) is 12.5 Å². The van der Waals surface area contributed by atoms with E-state index >= 15 is 0 Å². The van der Waals surface area contributed by atoms with E-state index < -0.39 is 58.6 Å². The van der Waals surface area contributed by atoms with Crippen molar-refractivity contribution in [2.75, 3.05) is 11.4 Å². The molecule has 0 amide bonds. The van der Waals surface area contributed by atoms with Crippen molar-refractivity contribution >= 4 is 65.1 Å². The van der Waals surface area contributed by atoms with Crippen LogP contribution in [0.3, 0.4) is 0 Å². The number of aromatic hydroxyl groups is 1. The zero-order chi connectivity index (χ0) is 35.5. The van der Waals surface area contributed by atoms with E-state index in [2.05, 4.69) is 20.5 Å². The van der Waals surface area contributed by atoms with Crippen molar-refractivity contribution in [2.45, 2.75) is 23.3 Å². The number of rotatable bonds is 11. The zero-order valence-corrected chi connectivity index (χ0v) is 32.9. The number of nitro benzene ring substituents is 1. The van der Waals surface area contributed by atoms with Gasteiger partial charge in [-0.1, -0.05) is 23.9 Å². The average molecular weight is 751 g/mol. The molecule has 5 aromatic rings. The van der Waals surface area contributed by atoms with Crippen molar-refractivity contribution in [1.82, 2.24) is 0 Å². The van der Waals surface area contributed by atoms with Gasteiger partial charge in [-0.3, -0.25) is 14.7 Å². The molecule has 0 bridgehead atoms. The van der Waals surface area contributed by atoms with Gasteiger partial charge in [0.1, 0.15) is 21.6 Å². The first-order valence-electron chi connectivity index (χ1n) is 14.1. The van der Waals surface area contributed by atoms with Gasteiger partial charge >= 0.3 is 59.1 Å². The molecule has 2 N–H and O–H groups in total. The molecular weight excluding hydrogens is 726 g/mol. The third-order valence-corrected chi connectivity index (χ3v) is 8.86. The second-order valence-electron chi connectivity index (χ2n) is 10.4. The number of hydrogen-bond donors (Lipinski definition) is 2. The van der Waals surface area contributed by atoms with E-state index in [1.807, 2.05) is 11.8 Å². The number of azo groups is 2. The van der Waals surface area contributed by atoms with Gasteiger partial charge < -0.3 is 19.7 Å². The number of benzene rings is 5. The van der Waals surface area contributed by atoms with E-state index in [1.54, 1.807) is 36.4 Å². The number of phenols is 1. The minimum Gasteiger partial charge on any atom is -0.871 e. The van der Waals surface area contributed by atoms with Gasteiger partial charge in [0, 0.05) is 30.9 Å². The Labute approximate surface area is 335 Å². The van der Waals surface area contributed by atoms with Gasteiger partial charge in [-0.05, 0) is 83.9 Å². The Kier molecular flexibility index (Phi) is 14.0. The Hall–Kier alpha value is -3.82. The third-order valence-electron chi connectivity index (χ3n) is 7.16. The smallest absolute Gasteiger partial charge is 0.871 e. The van der Waals surface area contributed by atoms with Crippen molar-refractivity contribution in [3.8, 4) is 11.5 Å². The topological polar surface area (TPSA) is 251 Å². The molecule has 0 aromatic heterocycles. The zero-order valence-electron chi connectivity index (χ0n) is 27.2. The van der Waals surface area contributed by atoms with Crippen molar-refractivity contribution in [3.63, 3.8) is 0 Å². The molecule has 20 heteroatoms. The Morgan fingerprint density at radius 1 is 0.824 bits per heavy atom. The minimum absolute atomic E-state index is 0. The molecule has 252 valence electrons. The largest absolute Gasteiger partial charge is 1.00 e.